The standard InChI is InChI=1S/C38H47N5O7S2.C21H25N5O6S2/c1-21(2)30-20-51-35(40-30)29-18-32(26-13-14-31(49-5)22(3)33(26)39-29)50-24-16-27-28(17-24)36(45)43(4)15-9-7-6-8-10-23-19-38(23,41-34(27)44)37(46)42-52(47,48)25-11-12-25;1-13(2)9-11-26-21(28)18(19(27)16-6-5-10-25(16)26)20-22-15-8-7-14(24(3)33(4,29)30)12-17(15)34(31,32)23-20/h8,10,13-14,18,20-21,23-25,27-28H,6-7,9,11-12,15-17,19H2,1-5H3,(H,41,44)(H,42,46);5-8,10,12-13,22-23H,9,11H2,1-4H3/b10-8-;/t23-,24-,27-,28-,38-;/m1./s1. The average molecular weight is 1260 g/mol. The molecule has 5 aliphatic rings. The lowest BCUT2D eigenvalue weighted by Crippen LogP contribution is -2.54. The van der Waals surface area contributed by atoms with Crippen molar-refractivity contribution in [3.63, 3.8) is 0 Å². The molecule has 3 aliphatic carbocycles. The van der Waals surface area contributed by atoms with Gasteiger partial charge in [-0.25, -0.2) is 39.9 Å². The Kier molecular flexibility index (Phi) is 17.0. The van der Waals surface area contributed by atoms with Crippen molar-refractivity contribution in [1.82, 2.24) is 38.8 Å². The number of amides is 3. The Labute approximate surface area is 503 Å². The molecule has 2 aromatic carbocycles. The van der Waals surface area contributed by atoms with Gasteiger partial charge < -0.3 is 25.0 Å². The van der Waals surface area contributed by atoms with Crippen molar-refractivity contribution in [2.24, 2.45) is 23.7 Å². The van der Waals surface area contributed by atoms with E-state index in [1.165, 1.54) is 45.8 Å². The van der Waals surface area contributed by atoms with Gasteiger partial charge in [-0.1, -0.05) is 39.8 Å². The minimum Gasteiger partial charge on any atom is -0.496 e. The van der Waals surface area contributed by atoms with Crippen LogP contribution in [-0.2, 0) is 51.0 Å². The summed E-state index contributed by atoms with van der Waals surface area (Å²) in [6, 6.07) is 12.9. The first-order chi connectivity index (χ1) is 40.6. The molecule has 460 valence electrons. The molecule has 0 saturated heterocycles. The summed E-state index contributed by atoms with van der Waals surface area (Å²) in [5.74, 6) is -1.57. The highest BCUT2D eigenvalue weighted by Crippen LogP contribution is 2.48. The molecule has 0 bridgehead atoms. The van der Waals surface area contributed by atoms with Crippen LogP contribution in [0.5, 0.6) is 11.5 Å². The third-order valence-corrected chi connectivity index (χ3v) is 22.0. The zero-order chi connectivity index (χ0) is 61.9. The first-order valence-corrected chi connectivity index (χ1v) is 34.4. The molecule has 4 aromatic heterocycles. The number of allylic oxidation sites excluding steroid dienone is 1. The summed E-state index contributed by atoms with van der Waals surface area (Å²) >= 11 is 1.51. The first kappa shape index (κ1) is 61.7. The Morgan fingerprint density at radius 2 is 1.72 bits per heavy atom. The van der Waals surface area contributed by atoms with Crippen LogP contribution in [-0.4, -0.2) is 118 Å². The number of pyridine rings is 1. The Balaban J connectivity index is 0.000000209. The van der Waals surface area contributed by atoms with Crippen LogP contribution in [0.15, 0.2) is 86.7 Å². The molecule has 4 N–H and O–H groups in total. The van der Waals surface area contributed by atoms with E-state index in [1.807, 2.05) is 56.5 Å². The van der Waals surface area contributed by atoms with Crippen molar-refractivity contribution < 1.29 is 49.1 Å². The van der Waals surface area contributed by atoms with Gasteiger partial charge in [0, 0.05) is 61.7 Å². The smallest absolute Gasteiger partial charge is 0.280 e. The van der Waals surface area contributed by atoms with E-state index in [2.05, 4.69) is 33.9 Å². The molecule has 3 fully saturated rings. The number of anilines is 2. The molecule has 0 unspecified atom stereocenters. The van der Waals surface area contributed by atoms with Crippen molar-refractivity contribution in [2.75, 3.05) is 43.6 Å². The lowest BCUT2D eigenvalue weighted by atomic mass is 9.93. The first-order valence-electron chi connectivity index (χ1n) is 28.7. The van der Waals surface area contributed by atoms with Gasteiger partial charge in [-0.2, -0.15) is 0 Å². The predicted octanol–water partition coefficient (Wildman–Crippen LogP) is 5.35. The van der Waals surface area contributed by atoms with Gasteiger partial charge in [0.05, 0.1) is 53.0 Å². The van der Waals surface area contributed by atoms with Gasteiger partial charge in [0.15, 0.2) is 0 Å². The second kappa shape index (κ2) is 23.7. The molecular formula is C59H72N10O13S4. The molecule has 23 nitrogen and oxygen atoms in total. The van der Waals surface area contributed by atoms with E-state index in [1.54, 1.807) is 37.4 Å². The number of methoxy groups -OCH3 is 1. The Morgan fingerprint density at radius 3 is 2.41 bits per heavy atom. The minimum absolute atomic E-state index is 0.113. The average Bonchev–Trinajstić information content (AvgIpc) is 1.61. The lowest BCUT2D eigenvalue weighted by molar-refractivity contribution is -0.140. The van der Waals surface area contributed by atoms with E-state index in [4.69, 9.17) is 19.4 Å². The summed E-state index contributed by atoms with van der Waals surface area (Å²) in [6.07, 6.45) is 10.9. The summed E-state index contributed by atoms with van der Waals surface area (Å²) in [5, 5.41) is 8.47. The van der Waals surface area contributed by atoms with Crippen LogP contribution in [0.4, 0.5) is 11.4 Å². The highest BCUT2D eigenvalue weighted by molar-refractivity contribution is 7.92. The number of nitrogens with zero attached hydrogens (tertiary/aromatic N) is 6. The molecule has 11 rings (SSSR count). The predicted molar refractivity (Wildman–Crippen MR) is 328 cm³/mol. The summed E-state index contributed by atoms with van der Waals surface area (Å²) in [5.41, 5.74) is 1.05. The number of thiazole rings is 1. The summed E-state index contributed by atoms with van der Waals surface area (Å²) in [7, 11) is -6.97. The Morgan fingerprint density at radius 1 is 0.977 bits per heavy atom. The van der Waals surface area contributed by atoms with Crippen molar-refractivity contribution in [2.45, 2.75) is 127 Å². The monoisotopic (exact) mass is 1260 g/mol. The van der Waals surface area contributed by atoms with E-state index in [9.17, 15) is 49.2 Å². The number of ether oxygens (including phenoxy) is 2. The molecule has 0 spiro atoms. The highest BCUT2D eigenvalue weighted by Gasteiger charge is 2.62. The quantitative estimate of drug-likeness (QED) is 0.106. The number of hydrogen-bond acceptors (Lipinski definition) is 17. The number of fused-ring (bicyclic) bond motifs is 5. The number of rotatable bonds is 13. The fraction of sp³-hybridized carbons (Fsp3) is 0.475. The summed E-state index contributed by atoms with van der Waals surface area (Å²) in [4.78, 5) is 79.8. The van der Waals surface area contributed by atoms with Crippen LogP contribution in [0.3, 0.4) is 0 Å². The largest absolute Gasteiger partial charge is 0.496 e. The zero-order valence-electron chi connectivity index (χ0n) is 49.4. The van der Waals surface area contributed by atoms with E-state index in [-0.39, 0.29) is 63.4 Å². The van der Waals surface area contributed by atoms with Gasteiger partial charge in [0.25, 0.3) is 21.5 Å². The number of nitrogens with one attached hydrogen (secondary N) is 4. The maximum atomic E-state index is 14.3. The maximum Gasteiger partial charge on any atom is 0.280 e. The molecule has 0 radical (unpaired) electrons. The third-order valence-electron chi connectivity index (χ3n) is 16.7. The van der Waals surface area contributed by atoms with Crippen LogP contribution < -0.4 is 50.1 Å². The zero-order valence-corrected chi connectivity index (χ0v) is 52.6. The number of aromatic nitrogens is 4. The normalized spacial score (nSPS) is 23.2. The molecule has 86 heavy (non-hydrogen) atoms. The Hall–Kier alpha value is -7.36. The Bertz CT molecular complexity index is 4270. The van der Waals surface area contributed by atoms with Crippen LogP contribution in [0.1, 0.15) is 103 Å². The molecule has 27 heteroatoms. The van der Waals surface area contributed by atoms with Crippen LogP contribution >= 0.6 is 11.3 Å². The second-order valence-corrected chi connectivity index (χ2v) is 30.1. The molecular weight excluding hydrogens is 1180 g/mol. The van der Waals surface area contributed by atoms with Gasteiger partial charge in [0.2, 0.25) is 37.3 Å². The molecule has 5 atom stereocenters. The number of benzene rings is 2. The highest BCUT2D eigenvalue weighted by atomic mass is 32.2. The maximum absolute atomic E-state index is 14.3. The van der Waals surface area contributed by atoms with Crippen molar-refractivity contribution in [3.05, 3.63) is 109 Å². The van der Waals surface area contributed by atoms with Crippen LogP contribution in [0.2, 0.25) is 0 Å². The van der Waals surface area contributed by atoms with E-state index >= 15 is 0 Å². The molecule has 6 aromatic rings. The second-order valence-electron chi connectivity index (χ2n) is 23.7. The van der Waals surface area contributed by atoms with Crippen molar-refractivity contribution >= 4 is 92.7 Å². The molecule has 6 heterocycles. The molecule has 2 aliphatic heterocycles. The summed E-state index contributed by atoms with van der Waals surface area (Å²) < 4.78 is 96.2. The van der Waals surface area contributed by atoms with Gasteiger partial charge >= 0.3 is 0 Å². The van der Waals surface area contributed by atoms with Crippen LogP contribution in [0.25, 0.3) is 32.9 Å². The SMILES string of the molecule is CC(C)CCn1c(=O)c(=C2Nc3ccc(N(C)S(C)(=O)=O)cc3S(=O)(=O)N2)c(=O)c2cccn21.COc1ccc2c(O[C@@H]3C[C@H]4C(=O)N[C@]5(C(=O)NS(=O)(=O)C6CC6)C[C@H]5/C=C\CCCCN(C)C(=O)[C@@H]4C3)cc(-c3nc(C(C)C)cs3)nc2c1C. The number of carbonyl (C=O) groups is 3. The fourth-order valence-electron chi connectivity index (χ4n) is 11.3. The molecule has 3 amide bonds. The van der Waals surface area contributed by atoms with E-state index < -0.39 is 81.6 Å². The van der Waals surface area contributed by atoms with Crippen molar-refractivity contribution in [3.8, 4) is 22.2 Å². The third kappa shape index (κ3) is 12.3. The van der Waals surface area contributed by atoms with Gasteiger partial charge in [0.1, 0.15) is 55.3 Å². The minimum atomic E-state index is -4.22. The number of aryl methyl sites for hydroxylation is 2. The van der Waals surface area contributed by atoms with Gasteiger partial charge in [-0.3, -0.25) is 42.2 Å². The van der Waals surface area contributed by atoms with E-state index in [0.717, 1.165) is 51.5 Å². The van der Waals surface area contributed by atoms with Gasteiger partial charge in [-0.05, 0) is 119 Å². The van der Waals surface area contributed by atoms with Crippen molar-refractivity contribution in [1.29, 1.82) is 0 Å². The summed E-state index contributed by atoms with van der Waals surface area (Å²) in [6.45, 7) is 11.1. The van der Waals surface area contributed by atoms with E-state index in [0.29, 0.717) is 67.4 Å². The number of hydrogen-bond donors (Lipinski definition) is 4. The number of sulfonamides is 3. The fourth-order valence-corrected chi connectivity index (χ4v) is 15.3. The molecule has 3 saturated carbocycles. The van der Waals surface area contributed by atoms with Gasteiger partial charge in [-0.15, -0.1) is 11.3 Å². The topological polar surface area (TPSA) is 296 Å². The van der Waals surface area contributed by atoms with Crippen LogP contribution in [0, 0.1) is 30.6 Å². The lowest BCUT2D eigenvalue weighted by Gasteiger charge is -2.26. The number of carbonyl (C=O) groups excluding carboxylic acids is 3.